The summed E-state index contributed by atoms with van der Waals surface area (Å²) in [5, 5.41) is 0. The Bertz CT molecular complexity index is 818. The molecule has 0 aliphatic carbocycles. The van der Waals surface area contributed by atoms with Crippen LogP contribution in [0.3, 0.4) is 0 Å². The second-order valence-corrected chi connectivity index (χ2v) is 4.83. The van der Waals surface area contributed by atoms with Crippen LogP contribution in [0, 0.1) is 13.8 Å². The van der Waals surface area contributed by atoms with Crippen LogP contribution in [0.25, 0.3) is 16.7 Å². The highest BCUT2D eigenvalue weighted by atomic mass is 16.5. The predicted molar refractivity (Wildman–Crippen MR) is 78.1 cm³/mol. The minimum absolute atomic E-state index is 0.281. The van der Waals surface area contributed by atoms with Gasteiger partial charge in [-0.05, 0) is 38.5 Å². The predicted octanol–water partition coefficient (Wildman–Crippen LogP) is 3.28. The molecule has 4 nitrogen and oxygen atoms in total. The lowest BCUT2D eigenvalue weighted by Crippen LogP contribution is -2.10. The summed E-state index contributed by atoms with van der Waals surface area (Å²) in [5.41, 5.74) is 5.16. The number of fused-ring (bicyclic) bond motifs is 3. The average Bonchev–Trinajstić information content (AvgIpc) is 2.78. The molecule has 102 valence electrons. The summed E-state index contributed by atoms with van der Waals surface area (Å²) in [7, 11) is 0. The molecule has 0 amide bonds. The fraction of sp³-hybridized carbons (Fsp3) is 0.250. The van der Waals surface area contributed by atoms with E-state index in [9.17, 15) is 4.79 Å². The third kappa shape index (κ3) is 1.76. The molecular formula is C16H16N2O2. The van der Waals surface area contributed by atoms with Gasteiger partial charge in [0.15, 0.2) is 0 Å². The van der Waals surface area contributed by atoms with Crippen LogP contribution in [0.5, 0.6) is 0 Å². The number of aromatic nitrogens is 2. The van der Waals surface area contributed by atoms with Gasteiger partial charge in [-0.1, -0.05) is 12.1 Å². The van der Waals surface area contributed by atoms with E-state index >= 15 is 0 Å². The molecule has 0 unspecified atom stereocenters. The number of rotatable bonds is 2. The Morgan fingerprint density at radius 3 is 2.80 bits per heavy atom. The van der Waals surface area contributed by atoms with E-state index in [4.69, 9.17) is 4.74 Å². The first kappa shape index (κ1) is 12.7. The number of aryl methyl sites for hydroxylation is 2. The topological polar surface area (TPSA) is 43.6 Å². The normalized spacial score (nSPS) is 11.2. The Hall–Kier alpha value is -2.36. The molecule has 0 N–H and O–H groups in total. The number of esters is 1. The zero-order valence-electron chi connectivity index (χ0n) is 11.8. The fourth-order valence-electron chi connectivity index (χ4n) is 2.62. The van der Waals surface area contributed by atoms with Crippen molar-refractivity contribution >= 4 is 22.6 Å². The number of pyridine rings is 1. The van der Waals surface area contributed by atoms with Crippen LogP contribution in [0.4, 0.5) is 0 Å². The van der Waals surface area contributed by atoms with Crippen molar-refractivity contribution < 1.29 is 9.53 Å². The number of para-hydroxylation sites is 2. The second kappa shape index (κ2) is 4.63. The lowest BCUT2D eigenvalue weighted by atomic mass is 10.1. The molecule has 0 aliphatic heterocycles. The number of ether oxygens (including phenoxy) is 1. The van der Waals surface area contributed by atoms with Crippen molar-refractivity contribution in [1.29, 1.82) is 0 Å². The maximum absolute atomic E-state index is 12.1. The molecule has 0 aliphatic rings. The molecule has 2 heterocycles. The summed E-state index contributed by atoms with van der Waals surface area (Å²) < 4.78 is 7.17. The van der Waals surface area contributed by atoms with Crippen molar-refractivity contribution in [3.05, 3.63) is 47.2 Å². The van der Waals surface area contributed by atoms with Gasteiger partial charge in [0.2, 0.25) is 0 Å². The SMILES string of the molecule is CCOC(=O)c1c(C)cn2c(nc3ccccc32)c1C. The van der Waals surface area contributed by atoms with E-state index in [0.29, 0.717) is 12.2 Å². The molecule has 4 heteroatoms. The van der Waals surface area contributed by atoms with Crippen molar-refractivity contribution in [3.8, 4) is 0 Å². The molecule has 20 heavy (non-hydrogen) atoms. The number of hydrogen-bond donors (Lipinski definition) is 0. The first-order valence-electron chi connectivity index (χ1n) is 6.67. The Morgan fingerprint density at radius 1 is 1.30 bits per heavy atom. The third-order valence-corrected chi connectivity index (χ3v) is 3.50. The first-order valence-corrected chi connectivity index (χ1v) is 6.67. The molecular weight excluding hydrogens is 252 g/mol. The smallest absolute Gasteiger partial charge is 0.338 e. The van der Waals surface area contributed by atoms with Crippen molar-refractivity contribution in [2.24, 2.45) is 0 Å². The standard InChI is InChI=1S/C16H16N2O2/c1-4-20-16(19)14-10(2)9-18-13-8-6-5-7-12(13)17-15(18)11(14)3/h5-9H,4H2,1-3H3. The number of carbonyl (C=O) groups excluding carboxylic acids is 1. The van der Waals surface area contributed by atoms with Gasteiger partial charge in [-0.15, -0.1) is 0 Å². The van der Waals surface area contributed by atoms with E-state index < -0.39 is 0 Å². The van der Waals surface area contributed by atoms with Gasteiger partial charge in [0.25, 0.3) is 0 Å². The Labute approximate surface area is 117 Å². The molecule has 1 aromatic carbocycles. The quantitative estimate of drug-likeness (QED) is 0.670. The molecule has 0 atom stereocenters. The molecule has 3 rings (SSSR count). The molecule has 0 saturated carbocycles. The third-order valence-electron chi connectivity index (χ3n) is 3.50. The van der Waals surface area contributed by atoms with E-state index in [1.54, 1.807) is 0 Å². The van der Waals surface area contributed by atoms with Crippen LogP contribution >= 0.6 is 0 Å². The first-order chi connectivity index (χ1) is 9.63. The van der Waals surface area contributed by atoms with E-state index in [1.807, 2.05) is 55.6 Å². The minimum Gasteiger partial charge on any atom is -0.462 e. The largest absolute Gasteiger partial charge is 0.462 e. The van der Waals surface area contributed by atoms with Crippen LogP contribution in [-0.4, -0.2) is 22.0 Å². The number of imidazole rings is 1. The van der Waals surface area contributed by atoms with Gasteiger partial charge in [-0.25, -0.2) is 9.78 Å². The van der Waals surface area contributed by atoms with Crippen LogP contribution in [0.15, 0.2) is 30.5 Å². The van der Waals surface area contributed by atoms with Gasteiger partial charge >= 0.3 is 5.97 Å². The summed E-state index contributed by atoms with van der Waals surface area (Å²) in [6.07, 6.45) is 1.95. The van der Waals surface area contributed by atoms with Crippen molar-refractivity contribution in [1.82, 2.24) is 9.38 Å². The maximum Gasteiger partial charge on any atom is 0.338 e. The molecule has 2 aromatic heterocycles. The Morgan fingerprint density at radius 2 is 2.05 bits per heavy atom. The van der Waals surface area contributed by atoms with Gasteiger partial charge in [0.1, 0.15) is 5.65 Å². The molecule has 0 fully saturated rings. The van der Waals surface area contributed by atoms with Crippen LogP contribution in [-0.2, 0) is 4.74 Å². The van der Waals surface area contributed by atoms with E-state index in [0.717, 1.165) is 27.8 Å². The summed E-state index contributed by atoms with van der Waals surface area (Å²) in [4.78, 5) is 16.7. The summed E-state index contributed by atoms with van der Waals surface area (Å²) in [6.45, 7) is 6.03. The minimum atomic E-state index is -0.281. The molecule has 0 radical (unpaired) electrons. The molecule has 0 saturated heterocycles. The summed E-state index contributed by atoms with van der Waals surface area (Å²) in [6, 6.07) is 7.95. The van der Waals surface area contributed by atoms with Gasteiger partial charge < -0.3 is 4.74 Å². The molecule has 0 bridgehead atoms. The average molecular weight is 268 g/mol. The zero-order chi connectivity index (χ0) is 14.3. The number of benzene rings is 1. The Balaban J connectivity index is 2.35. The van der Waals surface area contributed by atoms with Gasteiger partial charge in [0, 0.05) is 11.8 Å². The van der Waals surface area contributed by atoms with E-state index in [2.05, 4.69) is 4.98 Å². The van der Waals surface area contributed by atoms with Crippen molar-refractivity contribution in [2.75, 3.05) is 6.61 Å². The van der Waals surface area contributed by atoms with E-state index in [1.165, 1.54) is 0 Å². The van der Waals surface area contributed by atoms with Crippen LogP contribution in [0.1, 0.15) is 28.4 Å². The van der Waals surface area contributed by atoms with Gasteiger partial charge in [-0.3, -0.25) is 4.40 Å². The lowest BCUT2D eigenvalue weighted by molar-refractivity contribution is 0.0524. The summed E-state index contributed by atoms with van der Waals surface area (Å²) in [5.74, 6) is -0.281. The van der Waals surface area contributed by atoms with E-state index in [-0.39, 0.29) is 5.97 Å². The number of nitrogens with zero attached hydrogens (tertiary/aromatic N) is 2. The fourth-order valence-corrected chi connectivity index (χ4v) is 2.62. The van der Waals surface area contributed by atoms with Crippen LogP contribution < -0.4 is 0 Å². The zero-order valence-corrected chi connectivity index (χ0v) is 11.8. The highest BCUT2D eigenvalue weighted by Gasteiger charge is 2.18. The maximum atomic E-state index is 12.1. The number of hydrogen-bond acceptors (Lipinski definition) is 3. The van der Waals surface area contributed by atoms with Gasteiger partial charge in [-0.2, -0.15) is 0 Å². The summed E-state index contributed by atoms with van der Waals surface area (Å²) >= 11 is 0. The van der Waals surface area contributed by atoms with Crippen molar-refractivity contribution in [2.45, 2.75) is 20.8 Å². The lowest BCUT2D eigenvalue weighted by Gasteiger charge is -2.10. The monoisotopic (exact) mass is 268 g/mol. The molecule has 0 spiro atoms. The van der Waals surface area contributed by atoms with Crippen molar-refractivity contribution in [3.63, 3.8) is 0 Å². The second-order valence-electron chi connectivity index (χ2n) is 4.83. The van der Waals surface area contributed by atoms with Gasteiger partial charge in [0.05, 0.1) is 23.2 Å². The number of carbonyl (C=O) groups is 1. The highest BCUT2D eigenvalue weighted by Crippen LogP contribution is 2.24. The Kier molecular flexibility index (Phi) is 2.93. The highest BCUT2D eigenvalue weighted by molar-refractivity contribution is 5.95. The molecule has 3 aromatic rings. The van der Waals surface area contributed by atoms with Crippen LogP contribution in [0.2, 0.25) is 0 Å².